The van der Waals surface area contributed by atoms with Crippen molar-refractivity contribution in [3.63, 3.8) is 0 Å². The SMILES string of the molecule is COc1cccc(C2C(C(=O)Nc3ccccc3)=C(C)N=c3s/c(=C\c4ccc(-c5ccc(C)c([N+](=O)[O-])c5)o4)c(=O)n32)c1. The summed E-state index contributed by atoms with van der Waals surface area (Å²) < 4.78 is 13.3. The summed E-state index contributed by atoms with van der Waals surface area (Å²) in [4.78, 5) is 43.8. The number of furan rings is 1. The third-order valence-electron chi connectivity index (χ3n) is 7.30. The number of anilines is 1. The van der Waals surface area contributed by atoms with Crippen LogP contribution in [0.15, 0.2) is 110 Å². The van der Waals surface area contributed by atoms with Crippen molar-refractivity contribution in [2.45, 2.75) is 19.9 Å². The summed E-state index contributed by atoms with van der Waals surface area (Å²) in [5.41, 5.74) is 2.87. The van der Waals surface area contributed by atoms with Crippen molar-refractivity contribution >= 4 is 34.7 Å². The molecule has 0 saturated heterocycles. The van der Waals surface area contributed by atoms with Gasteiger partial charge in [-0.3, -0.25) is 24.3 Å². The molecule has 1 aliphatic heterocycles. The molecule has 0 bridgehead atoms. The van der Waals surface area contributed by atoms with Crippen LogP contribution in [-0.4, -0.2) is 22.5 Å². The van der Waals surface area contributed by atoms with Crippen molar-refractivity contribution in [1.82, 2.24) is 4.57 Å². The summed E-state index contributed by atoms with van der Waals surface area (Å²) >= 11 is 1.18. The van der Waals surface area contributed by atoms with Crippen molar-refractivity contribution in [3.8, 4) is 17.1 Å². The number of nitrogens with one attached hydrogen (secondary N) is 1. The topological polar surface area (TPSA) is 129 Å². The molecule has 11 heteroatoms. The Kier molecular flexibility index (Phi) is 7.54. The molecule has 2 aromatic heterocycles. The molecule has 1 aliphatic rings. The zero-order valence-corrected chi connectivity index (χ0v) is 24.8. The number of carbonyl (C=O) groups excluding carboxylic acids is 1. The first kappa shape index (κ1) is 28.6. The number of benzene rings is 3. The van der Waals surface area contributed by atoms with Gasteiger partial charge in [0, 0.05) is 29.0 Å². The Bertz CT molecular complexity index is 2140. The Morgan fingerprint density at radius 2 is 1.86 bits per heavy atom. The number of hydrogen-bond acceptors (Lipinski definition) is 8. The fraction of sp³-hybridized carbons (Fsp3) is 0.121. The first-order valence-corrected chi connectivity index (χ1v) is 14.4. The van der Waals surface area contributed by atoms with E-state index in [0.29, 0.717) is 60.3 Å². The van der Waals surface area contributed by atoms with Gasteiger partial charge in [0.2, 0.25) is 0 Å². The van der Waals surface area contributed by atoms with Crippen LogP contribution in [-0.2, 0) is 4.79 Å². The van der Waals surface area contributed by atoms with E-state index < -0.39 is 11.0 Å². The fourth-order valence-electron chi connectivity index (χ4n) is 5.13. The molecule has 1 unspecified atom stereocenters. The quantitative estimate of drug-likeness (QED) is 0.196. The van der Waals surface area contributed by atoms with Gasteiger partial charge in [-0.15, -0.1) is 0 Å². The number of nitro groups is 1. The van der Waals surface area contributed by atoms with E-state index in [9.17, 15) is 19.7 Å². The van der Waals surface area contributed by atoms with E-state index in [0.717, 1.165) is 0 Å². The van der Waals surface area contributed by atoms with Gasteiger partial charge >= 0.3 is 0 Å². The number of rotatable bonds is 7. The third kappa shape index (κ3) is 5.36. The zero-order valence-electron chi connectivity index (χ0n) is 23.9. The van der Waals surface area contributed by atoms with E-state index in [1.807, 2.05) is 30.3 Å². The Hall–Kier alpha value is -5.55. The number of aromatic nitrogens is 1. The molecule has 44 heavy (non-hydrogen) atoms. The molecule has 0 aliphatic carbocycles. The van der Waals surface area contributed by atoms with E-state index in [2.05, 4.69) is 10.3 Å². The van der Waals surface area contributed by atoms with Crippen LogP contribution in [0.3, 0.4) is 0 Å². The Balaban J connectivity index is 1.44. The summed E-state index contributed by atoms with van der Waals surface area (Å²) in [6, 6.07) is 23.8. The molecule has 0 saturated carbocycles. The van der Waals surface area contributed by atoms with Gasteiger partial charge in [-0.05, 0) is 55.8 Å². The van der Waals surface area contributed by atoms with Gasteiger partial charge in [0.05, 0.1) is 33.9 Å². The van der Waals surface area contributed by atoms with E-state index >= 15 is 0 Å². The summed E-state index contributed by atoms with van der Waals surface area (Å²) in [5, 5.41) is 14.4. The van der Waals surface area contributed by atoms with Gasteiger partial charge in [0.15, 0.2) is 4.80 Å². The first-order valence-electron chi connectivity index (χ1n) is 13.6. The number of nitro benzene ring substituents is 1. The molecule has 3 heterocycles. The number of nitrogens with zero attached hydrogens (tertiary/aromatic N) is 3. The second kappa shape index (κ2) is 11.6. The van der Waals surface area contributed by atoms with Crippen LogP contribution >= 0.6 is 11.3 Å². The number of para-hydroxylation sites is 1. The number of fused-ring (bicyclic) bond motifs is 1. The van der Waals surface area contributed by atoms with Crippen molar-refractivity contribution in [2.75, 3.05) is 12.4 Å². The molecule has 220 valence electrons. The van der Waals surface area contributed by atoms with Crippen molar-refractivity contribution in [2.24, 2.45) is 4.99 Å². The summed E-state index contributed by atoms with van der Waals surface area (Å²) in [6.45, 7) is 3.43. The fourth-order valence-corrected chi connectivity index (χ4v) is 6.16. The molecule has 10 nitrogen and oxygen atoms in total. The highest BCUT2D eigenvalue weighted by atomic mass is 32.1. The molecular weight excluding hydrogens is 580 g/mol. The second-order valence-electron chi connectivity index (χ2n) is 10.1. The van der Waals surface area contributed by atoms with Gasteiger partial charge in [0.1, 0.15) is 17.3 Å². The lowest BCUT2D eigenvalue weighted by molar-refractivity contribution is -0.385. The van der Waals surface area contributed by atoms with Crippen LogP contribution in [0, 0.1) is 17.0 Å². The highest BCUT2D eigenvalue weighted by molar-refractivity contribution is 7.07. The largest absolute Gasteiger partial charge is 0.497 e. The number of carbonyl (C=O) groups is 1. The minimum Gasteiger partial charge on any atom is -0.497 e. The molecule has 5 aromatic rings. The zero-order chi connectivity index (χ0) is 31.0. The van der Waals surface area contributed by atoms with E-state index in [1.165, 1.54) is 22.0 Å². The standard InChI is InChI=1S/C33H26N4O6S/c1-19-12-13-21(17-26(19)37(40)41)27-15-14-25(43-27)18-28-32(39)36-30(22-8-7-11-24(16-22)42-3)29(20(2)34-33(36)44-28)31(38)35-23-9-5-4-6-10-23/h4-18,30H,1-3H3,(H,35,38)/b28-18-. The molecule has 1 N–H and O–H groups in total. The van der Waals surface area contributed by atoms with Crippen molar-refractivity contribution in [3.05, 3.63) is 143 Å². The number of ether oxygens (including phenoxy) is 1. The van der Waals surface area contributed by atoms with Crippen LogP contribution in [0.25, 0.3) is 17.4 Å². The van der Waals surface area contributed by atoms with Crippen LogP contribution < -0.4 is 24.9 Å². The monoisotopic (exact) mass is 606 g/mol. The average Bonchev–Trinajstić information content (AvgIpc) is 3.61. The van der Waals surface area contributed by atoms with Crippen molar-refractivity contribution in [1.29, 1.82) is 0 Å². The predicted molar refractivity (Wildman–Crippen MR) is 167 cm³/mol. The third-order valence-corrected chi connectivity index (χ3v) is 8.28. The smallest absolute Gasteiger partial charge is 0.273 e. The van der Waals surface area contributed by atoms with Crippen LogP contribution in [0.2, 0.25) is 0 Å². The normalized spacial score (nSPS) is 14.6. The summed E-state index contributed by atoms with van der Waals surface area (Å²) in [6.07, 6.45) is 1.61. The Labute approximate surface area is 255 Å². The molecule has 1 amide bonds. The molecule has 0 radical (unpaired) electrons. The average molecular weight is 607 g/mol. The minimum atomic E-state index is -0.771. The molecular formula is C33H26N4O6S. The van der Waals surface area contributed by atoms with E-state index in [1.54, 1.807) is 75.6 Å². The lowest BCUT2D eigenvalue weighted by atomic mass is 9.95. The number of thiazole rings is 1. The van der Waals surface area contributed by atoms with E-state index in [4.69, 9.17) is 9.15 Å². The summed E-state index contributed by atoms with van der Waals surface area (Å²) in [5.74, 6) is 1.03. The predicted octanol–water partition coefficient (Wildman–Crippen LogP) is 5.36. The first-order chi connectivity index (χ1) is 21.2. The number of amides is 1. The molecule has 0 fully saturated rings. The summed E-state index contributed by atoms with van der Waals surface area (Å²) in [7, 11) is 1.56. The molecule has 6 rings (SSSR count). The Morgan fingerprint density at radius 1 is 1.07 bits per heavy atom. The highest BCUT2D eigenvalue weighted by Gasteiger charge is 2.33. The lowest BCUT2D eigenvalue weighted by Gasteiger charge is -2.25. The number of aryl methyl sites for hydroxylation is 1. The van der Waals surface area contributed by atoms with Gasteiger partial charge in [-0.2, -0.15) is 0 Å². The minimum absolute atomic E-state index is 0.00576. The second-order valence-corrected chi connectivity index (χ2v) is 11.1. The molecule has 0 spiro atoms. The van der Waals surface area contributed by atoms with Crippen LogP contribution in [0.4, 0.5) is 11.4 Å². The van der Waals surface area contributed by atoms with Gasteiger partial charge in [-0.1, -0.05) is 53.8 Å². The maximum atomic E-state index is 14.0. The van der Waals surface area contributed by atoms with Crippen LogP contribution in [0.1, 0.15) is 29.9 Å². The molecule has 3 aromatic carbocycles. The van der Waals surface area contributed by atoms with Crippen molar-refractivity contribution < 1.29 is 18.9 Å². The molecule has 1 atom stereocenters. The van der Waals surface area contributed by atoms with Gasteiger partial charge in [0.25, 0.3) is 17.2 Å². The van der Waals surface area contributed by atoms with Gasteiger partial charge in [-0.25, -0.2) is 4.99 Å². The van der Waals surface area contributed by atoms with Crippen LogP contribution in [0.5, 0.6) is 5.75 Å². The van der Waals surface area contributed by atoms with E-state index in [-0.39, 0.29) is 17.2 Å². The number of allylic oxidation sites excluding steroid dienone is 1. The highest BCUT2D eigenvalue weighted by Crippen LogP contribution is 2.33. The lowest BCUT2D eigenvalue weighted by Crippen LogP contribution is -2.40. The maximum absolute atomic E-state index is 14.0. The maximum Gasteiger partial charge on any atom is 0.273 e. The number of hydrogen-bond donors (Lipinski definition) is 1. The van der Waals surface area contributed by atoms with Gasteiger partial charge < -0.3 is 14.5 Å². The number of methoxy groups -OCH3 is 1. The Morgan fingerprint density at radius 3 is 2.61 bits per heavy atom.